The molecule has 1 aromatic rings. The lowest BCUT2D eigenvalue weighted by Gasteiger charge is -1.94. The number of carbonyl (C=O) groups is 1. The molecule has 5 heteroatoms. The summed E-state index contributed by atoms with van der Waals surface area (Å²) in [6.45, 7) is 1.85. The highest BCUT2D eigenvalue weighted by Crippen LogP contribution is 2.06. The Balaban J connectivity index is 2.45. The smallest absolute Gasteiger partial charge is 0.236 e. The number of rotatable bonds is 3. The van der Waals surface area contributed by atoms with Gasteiger partial charge in [0, 0.05) is 6.07 Å². The molecule has 0 fully saturated rings. The maximum Gasteiger partial charge on any atom is 0.236 e. The fourth-order valence-electron chi connectivity index (χ4n) is 0.621. The zero-order chi connectivity index (χ0) is 8.27. The summed E-state index contributed by atoms with van der Waals surface area (Å²) in [4.78, 5) is 10.3. The van der Waals surface area contributed by atoms with E-state index in [9.17, 15) is 4.79 Å². The van der Waals surface area contributed by atoms with Crippen LogP contribution >= 0.6 is 0 Å². The topological polar surface area (TPSA) is 81.1 Å². The fraction of sp³-hybridized carbons (Fsp3) is 0.333. The number of aryl methyl sites for hydroxylation is 1. The lowest BCUT2D eigenvalue weighted by atomic mass is 10.5. The molecule has 0 unspecified atom stereocenters. The molecule has 11 heavy (non-hydrogen) atoms. The fourth-order valence-corrected chi connectivity index (χ4v) is 0.621. The van der Waals surface area contributed by atoms with E-state index in [0.717, 1.165) is 5.69 Å². The number of nitrogens with two attached hydrogens (primary N) is 1. The van der Waals surface area contributed by atoms with Gasteiger partial charge in [-0.05, 0) is 6.92 Å². The van der Waals surface area contributed by atoms with Gasteiger partial charge in [-0.2, -0.15) is 0 Å². The Morgan fingerprint density at radius 3 is 3.09 bits per heavy atom. The van der Waals surface area contributed by atoms with Gasteiger partial charge < -0.3 is 15.6 Å². The largest absolute Gasteiger partial charge is 0.368 e. The van der Waals surface area contributed by atoms with Crippen molar-refractivity contribution >= 4 is 11.8 Å². The number of nitrogens with one attached hydrogen (secondary N) is 1. The van der Waals surface area contributed by atoms with Gasteiger partial charge in [0.1, 0.15) is 0 Å². The third kappa shape index (κ3) is 2.29. The number of aromatic nitrogens is 1. The monoisotopic (exact) mass is 155 g/mol. The minimum Gasteiger partial charge on any atom is -0.368 e. The summed E-state index contributed by atoms with van der Waals surface area (Å²) in [7, 11) is 0. The van der Waals surface area contributed by atoms with E-state index in [2.05, 4.69) is 10.5 Å². The first-order valence-electron chi connectivity index (χ1n) is 3.14. The van der Waals surface area contributed by atoms with Crippen LogP contribution in [0.3, 0.4) is 0 Å². The summed E-state index contributed by atoms with van der Waals surface area (Å²) in [5.41, 5.74) is 5.64. The van der Waals surface area contributed by atoms with Crippen LogP contribution in [0.4, 0.5) is 5.88 Å². The molecule has 60 valence electrons. The van der Waals surface area contributed by atoms with Crippen LogP contribution in [0, 0.1) is 6.92 Å². The molecule has 1 aromatic heterocycles. The predicted molar refractivity (Wildman–Crippen MR) is 38.9 cm³/mol. The van der Waals surface area contributed by atoms with Crippen LogP contribution in [0.15, 0.2) is 10.6 Å². The molecule has 1 amide bonds. The van der Waals surface area contributed by atoms with Gasteiger partial charge in [-0.3, -0.25) is 4.79 Å². The van der Waals surface area contributed by atoms with Gasteiger partial charge in [-0.15, -0.1) is 0 Å². The lowest BCUT2D eigenvalue weighted by molar-refractivity contribution is -0.116. The van der Waals surface area contributed by atoms with Crippen LogP contribution in [-0.4, -0.2) is 17.6 Å². The van der Waals surface area contributed by atoms with Gasteiger partial charge >= 0.3 is 0 Å². The van der Waals surface area contributed by atoms with Crippen LogP contribution in [0.25, 0.3) is 0 Å². The summed E-state index contributed by atoms with van der Waals surface area (Å²) in [6, 6.07) is 1.68. The van der Waals surface area contributed by atoms with Gasteiger partial charge in [0.25, 0.3) is 0 Å². The quantitative estimate of drug-likeness (QED) is 0.637. The van der Waals surface area contributed by atoms with Gasteiger partial charge in [-0.25, -0.2) is 0 Å². The molecule has 5 nitrogen and oxygen atoms in total. The van der Waals surface area contributed by atoms with Crippen molar-refractivity contribution in [3.8, 4) is 0 Å². The average molecular weight is 155 g/mol. The summed E-state index contributed by atoms with van der Waals surface area (Å²) in [5.74, 6) is 0.0281. The lowest BCUT2D eigenvalue weighted by Crippen LogP contribution is -2.21. The highest BCUT2D eigenvalue weighted by molar-refractivity contribution is 5.78. The number of hydrogen-bond donors (Lipinski definition) is 2. The Bertz CT molecular complexity index is 256. The zero-order valence-electron chi connectivity index (χ0n) is 6.13. The van der Waals surface area contributed by atoms with E-state index in [1.807, 2.05) is 0 Å². The Morgan fingerprint density at radius 2 is 2.64 bits per heavy atom. The first-order valence-corrected chi connectivity index (χ1v) is 3.14. The van der Waals surface area contributed by atoms with E-state index in [4.69, 9.17) is 10.3 Å². The van der Waals surface area contributed by atoms with Crippen LogP contribution in [0.1, 0.15) is 5.69 Å². The molecule has 0 aromatic carbocycles. The van der Waals surface area contributed by atoms with Crippen molar-refractivity contribution in [1.29, 1.82) is 0 Å². The summed E-state index contributed by atoms with van der Waals surface area (Å²) in [6.07, 6.45) is 0. The molecule has 1 rings (SSSR count). The van der Waals surface area contributed by atoms with Gasteiger partial charge in [-0.1, -0.05) is 5.16 Å². The second-order valence-electron chi connectivity index (χ2n) is 2.15. The molecule has 0 atom stereocenters. The van der Waals surface area contributed by atoms with E-state index < -0.39 is 5.91 Å². The van der Waals surface area contributed by atoms with Crippen molar-refractivity contribution in [2.24, 2.45) is 5.73 Å². The van der Waals surface area contributed by atoms with Gasteiger partial charge in [0.15, 0.2) is 0 Å². The molecule has 0 saturated carbocycles. The number of carbonyl (C=O) groups excluding carboxylic acids is 1. The van der Waals surface area contributed by atoms with Crippen molar-refractivity contribution in [2.45, 2.75) is 6.92 Å². The van der Waals surface area contributed by atoms with Crippen LogP contribution in [0.5, 0.6) is 0 Å². The second-order valence-corrected chi connectivity index (χ2v) is 2.15. The van der Waals surface area contributed by atoms with Gasteiger partial charge in [0.2, 0.25) is 11.8 Å². The number of anilines is 1. The molecule has 0 aliphatic heterocycles. The molecular weight excluding hydrogens is 146 g/mol. The molecule has 0 aliphatic carbocycles. The molecule has 0 spiro atoms. The Morgan fingerprint density at radius 1 is 1.91 bits per heavy atom. The third-order valence-electron chi connectivity index (χ3n) is 1.06. The molecule has 3 N–H and O–H groups in total. The zero-order valence-corrected chi connectivity index (χ0v) is 6.13. The Kier molecular flexibility index (Phi) is 2.10. The maximum absolute atomic E-state index is 10.3. The second kappa shape index (κ2) is 3.05. The minimum absolute atomic E-state index is 0.0641. The molecule has 0 saturated heterocycles. The molecule has 1 heterocycles. The SMILES string of the molecule is Cc1cc(NCC(N)=O)on1. The predicted octanol–water partition coefficient (Wildman–Crippen LogP) is -0.120. The first-order chi connectivity index (χ1) is 5.18. The average Bonchev–Trinajstić information content (AvgIpc) is 2.31. The normalized spacial score (nSPS) is 9.55. The molecule has 0 radical (unpaired) electrons. The summed E-state index contributed by atoms with van der Waals surface area (Å²) in [5, 5.41) is 6.27. The Hall–Kier alpha value is -1.52. The molecule has 0 aliphatic rings. The third-order valence-corrected chi connectivity index (χ3v) is 1.06. The summed E-state index contributed by atoms with van der Waals surface area (Å²) < 4.78 is 4.75. The van der Waals surface area contributed by atoms with Crippen molar-refractivity contribution < 1.29 is 9.32 Å². The first kappa shape index (κ1) is 7.59. The molecular formula is C6H9N3O2. The van der Waals surface area contributed by atoms with Crippen LogP contribution in [0.2, 0.25) is 0 Å². The van der Waals surface area contributed by atoms with Crippen LogP contribution < -0.4 is 11.1 Å². The summed E-state index contributed by atoms with van der Waals surface area (Å²) >= 11 is 0. The maximum atomic E-state index is 10.3. The number of primary amides is 1. The van der Waals surface area contributed by atoms with E-state index in [0.29, 0.717) is 5.88 Å². The number of amides is 1. The van der Waals surface area contributed by atoms with E-state index in [1.54, 1.807) is 13.0 Å². The van der Waals surface area contributed by atoms with Crippen molar-refractivity contribution in [2.75, 3.05) is 11.9 Å². The number of hydrogen-bond acceptors (Lipinski definition) is 4. The van der Waals surface area contributed by atoms with E-state index in [1.165, 1.54) is 0 Å². The van der Waals surface area contributed by atoms with Crippen molar-refractivity contribution in [3.05, 3.63) is 11.8 Å². The standard InChI is InChI=1S/C6H9N3O2/c1-4-2-6(11-9-4)8-3-5(7)10/h2,8H,3H2,1H3,(H2,7,10). The number of nitrogens with zero attached hydrogens (tertiary/aromatic N) is 1. The highest BCUT2D eigenvalue weighted by Gasteiger charge is 1.99. The minimum atomic E-state index is -0.431. The van der Waals surface area contributed by atoms with Crippen LogP contribution in [-0.2, 0) is 4.79 Å². The molecule has 0 bridgehead atoms. The van der Waals surface area contributed by atoms with Crippen molar-refractivity contribution in [3.63, 3.8) is 0 Å². The highest BCUT2D eigenvalue weighted by atomic mass is 16.5. The Labute approximate surface area is 63.5 Å². The van der Waals surface area contributed by atoms with E-state index in [-0.39, 0.29) is 6.54 Å². The van der Waals surface area contributed by atoms with Crippen molar-refractivity contribution in [1.82, 2.24) is 5.16 Å². The van der Waals surface area contributed by atoms with E-state index >= 15 is 0 Å². The van der Waals surface area contributed by atoms with Gasteiger partial charge in [0.05, 0.1) is 12.2 Å².